The van der Waals surface area contributed by atoms with Crippen LogP contribution in [0.15, 0.2) is 0 Å². The first-order chi connectivity index (χ1) is 4.86. The Morgan fingerprint density at radius 2 is 2.40 bits per heavy atom. The highest BCUT2D eigenvalue weighted by Crippen LogP contribution is 2.04. The van der Waals surface area contributed by atoms with Crippen molar-refractivity contribution in [2.45, 2.75) is 12.5 Å². The van der Waals surface area contributed by atoms with Gasteiger partial charge in [0.05, 0.1) is 6.04 Å². The SMILES string of the molecule is C#CC(CN1CCC1)NN. The molecule has 1 saturated heterocycles. The summed E-state index contributed by atoms with van der Waals surface area (Å²) in [4.78, 5) is 2.28. The summed E-state index contributed by atoms with van der Waals surface area (Å²) >= 11 is 0. The van der Waals surface area contributed by atoms with E-state index in [4.69, 9.17) is 12.3 Å². The van der Waals surface area contributed by atoms with Crippen LogP contribution in [-0.4, -0.2) is 30.6 Å². The summed E-state index contributed by atoms with van der Waals surface area (Å²) in [6, 6.07) is 0.0142. The summed E-state index contributed by atoms with van der Waals surface area (Å²) in [6.07, 6.45) is 6.48. The molecule has 1 heterocycles. The van der Waals surface area contributed by atoms with Crippen LogP contribution in [0, 0.1) is 12.3 Å². The van der Waals surface area contributed by atoms with Crippen molar-refractivity contribution in [1.29, 1.82) is 0 Å². The van der Waals surface area contributed by atoms with Gasteiger partial charge in [-0.2, -0.15) is 0 Å². The monoisotopic (exact) mass is 139 g/mol. The maximum Gasteiger partial charge on any atom is 0.0941 e. The number of rotatable bonds is 3. The third kappa shape index (κ3) is 1.71. The molecule has 0 saturated carbocycles. The molecule has 0 bridgehead atoms. The fourth-order valence-electron chi connectivity index (χ4n) is 0.976. The second-order valence-electron chi connectivity index (χ2n) is 2.54. The molecule has 1 unspecified atom stereocenters. The zero-order valence-corrected chi connectivity index (χ0v) is 6.01. The highest BCUT2D eigenvalue weighted by Gasteiger charge is 2.16. The van der Waals surface area contributed by atoms with E-state index in [1.807, 2.05) is 0 Å². The number of nitrogens with two attached hydrogens (primary N) is 1. The molecule has 3 nitrogen and oxygen atoms in total. The molecule has 0 aliphatic carbocycles. The minimum atomic E-state index is 0.0142. The largest absolute Gasteiger partial charge is 0.301 e. The molecular weight excluding hydrogens is 126 g/mol. The molecule has 1 fully saturated rings. The molecule has 0 aromatic rings. The first-order valence-corrected chi connectivity index (χ1v) is 3.51. The van der Waals surface area contributed by atoms with E-state index in [0.29, 0.717) is 0 Å². The molecular formula is C7H13N3. The molecule has 0 amide bonds. The topological polar surface area (TPSA) is 41.3 Å². The van der Waals surface area contributed by atoms with Gasteiger partial charge in [-0.25, -0.2) is 5.43 Å². The number of nitrogens with one attached hydrogen (secondary N) is 1. The Balaban J connectivity index is 2.15. The van der Waals surface area contributed by atoms with Crippen LogP contribution in [-0.2, 0) is 0 Å². The van der Waals surface area contributed by atoms with E-state index >= 15 is 0 Å². The third-order valence-corrected chi connectivity index (χ3v) is 1.79. The molecule has 1 aliphatic heterocycles. The van der Waals surface area contributed by atoms with E-state index in [1.54, 1.807) is 0 Å². The molecule has 0 aromatic carbocycles. The van der Waals surface area contributed by atoms with Gasteiger partial charge in [-0.3, -0.25) is 5.84 Å². The maximum atomic E-state index is 5.19. The van der Waals surface area contributed by atoms with Crippen LogP contribution in [0.5, 0.6) is 0 Å². The summed E-state index contributed by atoms with van der Waals surface area (Å²) in [6.45, 7) is 3.22. The van der Waals surface area contributed by atoms with Crippen LogP contribution in [0.1, 0.15) is 6.42 Å². The van der Waals surface area contributed by atoms with Crippen molar-refractivity contribution in [3.05, 3.63) is 0 Å². The number of likely N-dealkylation sites (tertiary alicyclic amines) is 1. The van der Waals surface area contributed by atoms with E-state index in [1.165, 1.54) is 19.5 Å². The zero-order chi connectivity index (χ0) is 7.40. The Kier molecular flexibility index (Phi) is 2.69. The number of hydrogen-bond donors (Lipinski definition) is 2. The lowest BCUT2D eigenvalue weighted by Crippen LogP contribution is -2.48. The van der Waals surface area contributed by atoms with E-state index in [9.17, 15) is 0 Å². The summed E-state index contributed by atoms with van der Waals surface area (Å²) < 4.78 is 0. The van der Waals surface area contributed by atoms with Gasteiger partial charge in [-0.05, 0) is 19.5 Å². The van der Waals surface area contributed by atoms with Gasteiger partial charge in [0, 0.05) is 6.54 Å². The van der Waals surface area contributed by atoms with E-state index in [0.717, 1.165) is 6.54 Å². The second-order valence-corrected chi connectivity index (χ2v) is 2.54. The lowest BCUT2D eigenvalue weighted by molar-refractivity contribution is 0.172. The molecule has 10 heavy (non-hydrogen) atoms. The quantitative estimate of drug-likeness (QED) is 0.304. The average Bonchev–Trinajstić information content (AvgIpc) is 1.87. The van der Waals surface area contributed by atoms with Crippen molar-refractivity contribution in [3.8, 4) is 12.3 Å². The van der Waals surface area contributed by atoms with Gasteiger partial charge in [0.2, 0.25) is 0 Å². The van der Waals surface area contributed by atoms with Crippen molar-refractivity contribution >= 4 is 0 Å². The van der Waals surface area contributed by atoms with Crippen LogP contribution < -0.4 is 11.3 Å². The Hall–Kier alpha value is -0.560. The first kappa shape index (κ1) is 7.55. The minimum Gasteiger partial charge on any atom is -0.301 e. The van der Waals surface area contributed by atoms with Crippen LogP contribution in [0.2, 0.25) is 0 Å². The summed E-state index contributed by atoms with van der Waals surface area (Å²) in [5.74, 6) is 7.76. The van der Waals surface area contributed by atoms with E-state index in [2.05, 4.69) is 16.2 Å². The van der Waals surface area contributed by atoms with Crippen LogP contribution in [0.25, 0.3) is 0 Å². The highest BCUT2D eigenvalue weighted by atomic mass is 15.3. The van der Waals surface area contributed by atoms with Gasteiger partial charge >= 0.3 is 0 Å². The number of hydrazine groups is 1. The predicted octanol–water partition coefficient (Wildman–Crippen LogP) is -0.843. The van der Waals surface area contributed by atoms with Crippen LogP contribution >= 0.6 is 0 Å². The maximum absolute atomic E-state index is 5.19. The Morgan fingerprint density at radius 1 is 1.70 bits per heavy atom. The van der Waals surface area contributed by atoms with Crippen molar-refractivity contribution in [2.75, 3.05) is 19.6 Å². The number of hydrogen-bond acceptors (Lipinski definition) is 3. The zero-order valence-electron chi connectivity index (χ0n) is 6.01. The van der Waals surface area contributed by atoms with Crippen molar-refractivity contribution in [2.24, 2.45) is 5.84 Å². The number of terminal acetylenes is 1. The Morgan fingerprint density at radius 3 is 2.70 bits per heavy atom. The van der Waals surface area contributed by atoms with E-state index < -0.39 is 0 Å². The average molecular weight is 139 g/mol. The standard InChI is InChI=1S/C7H13N3/c1-2-7(9-8)6-10-4-3-5-10/h1,7,9H,3-6,8H2. The lowest BCUT2D eigenvalue weighted by atomic mass is 10.2. The Labute approximate surface area is 61.5 Å². The molecule has 1 aliphatic rings. The van der Waals surface area contributed by atoms with Gasteiger partial charge in [-0.1, -0.05) is 5.92 Å². The van der Waals surface area contributed by atoms with Crippen molar-refractivity contribution in [1.82, 2.24) is 10.3 Å². The van der Waals surface area contributed by atoms with E-state index in [-0.39, 0.29) is 6.04 Å². The van der Waals surface area contributed by atoms with Gasteiger partial charge in [-0.15, -0.1) is 6.42 Å². The fraction of sp³-hybridized carbons (Fsp3) is 0.714. The lowest BCUT2D eigenvalue weighted by Gasteiger charge is -2.32. The molecule has 0 radical (unpaired) electrons. The van der Waals surface area contributed by atoms with Crippen molar-refractivity contribution < 1.29 is 0 Å². The highest BCUT2D eigenvalue weighted by molar-refractivity contribution is 4.99. The minimum absolute atomic E-state index is 0.0142. The molecule has 0 aromatic heterocycles. The fourth-order valence-corrected chi connectivity index (χ4v) is 0.976. The first-order valence-electron chi connectivity index (χ1n) is 3.51. The van der Waals surface area contributed by atoms with Crippen LogP contribution in [0.3, 0.4) is 0 Å². The summed E-state index contributed by atoms with van der Waals surface area (Å²) in [7, 11) is 0. The third-order valence-electron chi connectivity index (χ3n) is 1.79. The molecule has 1 atom stereocenters. The predicted molar refractivity (Wildman–Crippen MR) is 41.0 cm³/mol. The number of nitrogens with zero attached hydrogens (tertiary/aromatic N) is 1. The summed E-state index contributed by atoms with van der Waals surface area (Å²) in [5.41, 5.74) is 2.57. The van der Waals surface area contributed by atoms with Gasteiger partial charge in [0.1, 0.15) is 0 Å². The normalized spacial score (nSPS) is 21.2. The molecule has 3 heteroatoms. The van der Waals surface area contributed by atoms with Gasteiger partial charge in [0.25, 0.3) is 0 Å². The van der Waals surface area contributed by atoms with Crippen molar-refractivity contribution in [3.63, 3.8) is 0 Å². The van der Waals surface area contributed by atoms with Gasteiger partial charge in [0.15, 0.2) is 0 Å². The molecule has 56 valence electrons. The smallest absolute Gasteiger partial charge is 0.0941 e. The molecule has 0 spiro atoms. The Bertz CT molecular complexity index is 134. The second kappa shape index (κ2) is 3.57. The molecule has 1 rings (SSSR count). The molecule has 3 N–H and O–H groups in total. The van der Waals surface area contributed by atoms with Gasteiger partial charge < -0.3 is 4.90 Å². The summed E-state index contributed by atoms with van der Waals surface area (Å²) in [5, 5.41) is 0. The van der Waals surface area contributed by atoms with Crippen LogP contribution in [0.4, 0.5) is 0 Å².